The molecule has 1 aliphatic carbocycles. The number of hydrogen-bond acceptors (Lipinski definition) is 3. The minimum absolute atomic E-state index is 0.0526. The summed E-state index contributed by atoms with van der Waals surface area (Å²) in [6.45, 7) is 0.356. The Balaban J connectivity index is 1.84. The molecule has 2 aromatic rings. The molecule has 0 amide bonds. The molecule has 1 N–H and O–H groups in total. The first-order valence-electron chi connectivity index (χ1n) is 8.03. The quantitative estimate of drug-likeness (QED) is 0.773. The summed E-state index contributed by atoms with van der Waals surface area (Å²) in [4.78, 5) is 10.8. The first kappa shape index (κ1) is 17.4. The van der Waals surface area contributed by atoms with E-state index in [0.29, 0.717) is 12.1 Å². The molecule has 3 rings (SSSR count). The maximum Gasteiger partial charge on any atom is 0.328 e. The van der Waals surface area contributed by atoms with Crippen molar-refractivity contribution in [2.24, 2.45) is 0 Å². The molecule has 0 aliphatic heterocycles. The third-order valence-corrected chi connectivity index (χ3v) is 5.95. The molecular formula is C19H19NO4S. The third-order valence-electron chi connectivity index (χ3n) is 4.04. The van der Waals surface area contributed by atoms with Gasteiger partial charge in [-0.05, 0) is 42.2 Å². The summed E-state index contributed by atoms with van der Waals surface area (Å²) in [5, 5.41) is 8.65. The van der Waals surface area contributed by atoms with E-state index in [0.717, 1.165) is 24.5 Å². The lowest BCUT2D eigenvalue weighted by Crippen LogP contribution is -2.32. The number of carboxylic acids is 1. The van der Waals surface area contributed by atoms with Crippen LogP contribution in [0.3, 0.4) is 0 Å². The van der Waals surface area contributed by atoms with E-state index in [9.17, 15) is 13.2 Å². The molecule has 5 nitrogen and oxygen atoms in total. The van der Waals surface area contributed by atoms with Gasteiger partial charge in [-0.1, -0.05) is 42.5 Å². The van der Waals surface area contributed by atoms with Crippen molar-refractivity contribution in [2.45, 2.75) is 30.3 Å². The fourth-order valence-electron chi connectivity index (χ4n) is 2.59. The molecule has 6 heteroatoms. The Hall–Kier alpha value is -2.44. The van der Waals surface area contributed by atoms with E-state index < -0.39 is 16.0 Å². The minimum Gasteiger partial charge on any atom is -0.478 e. The van der Waals surface area contributed by atoms with Crippen LogP contribution < -0.4 is 0 Å². The van der Waals surface area contributed by atoms with Crippen LogP contribution >= 0.6 is 0 Å². The fraction of sp³-hybridized carbons (Fsp3) is 0.211. The van der Waals surface area contributed by atoms with E-state index in [4.69, 9.17) is 5.11 Å². The van der Waals surface area contributed by atoms with Gasteiger partial charge in [0.05, 0.1) is 4.90 Å². The lowest BCUT2D eigenvalue weighted by Gasteiger charge is -2.22. The number of hydrogen-bond donors (Lipinski definition) is 1. The van der Waals surface area contributed by atoms with Crippen LogP contribution in [-0.4, -0.2) is 29.8 Å². The Kier molecular flexibility index (Phi) is 5.01. The van der Waals surface area contributed by atoms with Crippen molar-refractivity contribution in [1.29, 1.82) is 0 Å². The molecule has 2 aromatic carbocycles. The van der Waals surface area contributed by atoms with Crippen LogP contribution in [0.2, 0.25) is 0 Å². The molecule has 1 fully saturated rings. The highest BCUT2D eigenvalue weighted by atomic mass is 32.2. The van der Waals surface area contributed by atoms with Crippen LogP contribution in [0.4, 0.5) is 0 Å². The van der Waals surface area contributed by atoms with Crippen molar-refractivity contribution in [3.05, 3.63) is 71.8 Å². The zero-order valence-electron chi connectivity index (χ0n) is 13.6. The van der Waals surface area contributed by atoms with Crippen molar-refractivity contribution in [3.63, 3.8) is 0 Å². The smallest absolute Gasteiger partial charge is 0.328 e. The molecule has 0 aromatic heterocycles. The molecule has 130 valence electrons. The monoisotopic (exact) mass is 357 g/mol. The van der Waals surface area contributed by atoms with Gasteiger partial charge in [0.25, 0.3) is 0 Å². The van der Waals surface area contributed by atoms with Crippen molar-refractivity contribution >= 4 is 22.1 Å². The predicted octanol–water partition coefficient (Wildman–Crippen LogP) is 3.14. The van der Waals surface area contributed by atoms with Crippen LogP contribution in [-0.2, 0) is 21.4 Å². The van der Waals surface area contributed by atoms with Crippen molar-refractivity contribution in [3.8, 4) is 0 Å². The van der Waals surface area contributed by atoms with Gasteiger partial charge in [0.1, 0.15) is 0 Å². The predicted molar refractivity (Wildman–Crippen MR) is 95.3 cm³/mol. The second-order valence-electron chi connectivity index (χ2n) is 6.01. The molecule has 1 aliphatic rings. The normalized spacial score (nSPS) is 14.9. The van der Waals surface area contributed by atoms with Gasteiger partial charge in [0.15, 0.2) is 0 Å². The van der Waals surface area contributed by atoms with Gasteiger partial charge in [-0.3, -0.25) is 0 Å². The highest BCUT2D eigenvalue weighted by Gasteiger charge is 2.37. The average molecular weight is 357 g/mol. The van der Waals surface area contributed by atoms with Crippen LogP contribution in [0.5, 0.6) is 0 Å². The van der Waals surface area contributed by atoms with Crippen molar-refractivity contribution in [2.75, 3.05) is 0 Å². The standard InChI is InChI=1S/C19H19NO4S/c21-19(22)13-8-15-6-11-18(12-7-15)25(23,24)20(17-9-10-17)14-16-4-2-1-3-5-16/h1-8,11-13,17H,9-10,14H2,(H,21,22)/b13-8+. The number of benzene rings is 2. The highest BCUT2D eigenvalue weighted by Crippen LogP contribution is 2.33. The lowest BCUT2D eigenvalue weighted by molar-refractivity contribution is -0.131. The number of rotatable bonds is 7. The Morgan fingerprint density at radius 1 is 1.08 bits per heavy atom. The maximum atomic E-state index is 13.0. The number of nitrogens with zero attached hydrogens (tertiary/aromatic N) is 1. The lowest BCUT2D eigenvalue weighted by atomic mass is 10.2. The summed E-state index contributed by atoms with van der Waals surface area (Å²) < 4.78 is 27.6. The second-order valence-corrected chi connectivity index (χ2v) is 7.90. The first-order valence-corrected chi connectivity index (χ1v) is 9.48. The molecule has 0 unspecified atom stereocenters. The maximum absolute atomic E-state index is 13.0. The van der Waals surface area contributed by atoms with Gasteiger partial charge < -0.3 is 5.11 Å². The topological polar surface area (TPSA) is 74.7 Å². The molecule has 1 saturated carbocycles. The molecule has 0 saturated heterocycles. The average Bonchev–Trinajstić information content (AvgIpc) is 3.44. The SMILES string of the molecule is O=C(O)/C=C/c1ccc(S(=O)(=O)N(Cc2ccccc2)C2CC2)cc1. The minimum atomic E-state index is -3.59. The van der Waals surface area contributed by atoms with E-state index in [1.807, 2.05) is 30.3 Å². The molecule has 25 heavy (non-hydrogen) atoms. The van der Waals surface area contributed by atoms with Gasteiger partial charge in [-0.15, -0.1) is 0 Å². The highest BCUT2D eigenvalue weighted by molar-refractivity contribution is 7.89. The summed E-state index contributed by atoms with van der Waals surface area (Å²) in [6.07, 6.45) is 4.22. The van der Waals surface area contributed by atoms with Gasteiger partial charge >= 0.3 is 5.97 Å². The second kappa shape index (κ2) is 7.21. The van der Waals surface area contributed by atoms with Gasteiger partial charge in [0, 0.05) is 18.7 Å². The van der Waals surface area contributed by atoms with E-state index in [2.05, 4.69) is 0 Å². The number of sulfonamides is 1. The Bertz CT molecular complexity index is 869. The van der Waals surface area contributed by atoms with Crippen LogP contribution in [0.15, 0.2) is 65.6 Å². The summed E-state index contributed by atoms with van der Waals surface area (Å²) in [5.74, 6) is -1.04. The molecule has 0 heterocycles. The van der Waals surface area contributed by atoms with E-state index in [1.165, 1.54) is 18.2 Å². The van der Waals surface area contributed by atoms with E-state index in [1.54, 1.807) is 16.4 Å². The molecular weight excluding hydrogens is 338 g/mol. The largest absolute Gasteiger partial charge is 0.478 e. The zero-order chi connectivity index (χ0) is 17.9. The zero-order valence-corrected chi connectivity index (χ0v) is 14.4. The number of carboxylic acid groups (broad SMARTS) is 1. The first-order chi connectivity index (χ1) is 12.0. The Morgan fingerprint density at radius 2 is 1.72 bits per heavy atom. The van der Waals surface area contributed by atoms with Crippen LogP contribution in [0, 0.1) is 0 Å². The van der Waals surface area contributed by atoms with Crippen LogP contribution in [0.25, 0.3) is 6.08 Å². The fourth-order valence-corrected chi connectivity index (χ4v) is 4.26. The van der Waals surface area contributed by atoms with Crippen molar-refractivity contribution in [1.82, 2.24) is 4.31 Å². The number of aliphatic carboxylic acids is 1. The summed E-state index contributed by atoms with van der Waals surface area (Å²) in [7, 11) is -3.59. The Labute approximate surface area is 147 Å². The summed E-state index contributed by atoms with van der Waals surface area (Å²) in [5.41, 5.74) is 1.60. The summed E-state index contributed by atoms with van der Waals surface area (Å²) >= 11 is 0. The third kappa shape index (κ3) is 4.35. The van der Waals surface area contributed by atoms with E-state index >= 15 is 0 Å². The van der Waals surface area contributed by atoms with E-state index in [-0.39, 0.29) is 10.9 Å². The molecule has 0 spiro atoms. The van der Waals surface area contributed by atoms with Crippen LogP contribution in [0.1, 0.15) is 24.0 Å². The Morgan fingerprint density at radius 3 is 2.28 bits per heavy atom. The summed E-state index contributed by atoms with van der Waals surface area (Å²) in [6, 6.07) is 15.9. The molecule has 0 bridgehead atoms. The number of carbonyl (C=O) groups is 1. The van der Waals surface area contributed by atoms with Gasteiger partial charge in [-0.25, -0.2) is 13.2 Å². The molecule has 0 atom stereocenters. The van der Waals surface area contributed by atoms with Gasteiger partial charge in [0.2, 0.25) is 10.0 Å². The molecule has 0 radical (unpaired) electrons. The van der Waals surface area contributed by atoms with Gasteiger partial charge in [-0.2, -0.15) is 4.31 Å². The van der Waals surface area contributed by atoms with Crippen molar-refractivity contribution < 1.29 is 18.3 Å².